The van der Waals surface area contributed by atoms with Gasteiger partial charge in [-0.25, -0.2) is 14.8 Å². The Labute approximate surface area is 82.5 Å². The highest BCUT2D eigenvalue weighted by atomic mass is 16.5. The molecule has 1 aromatic rings. The predicted octanol–water partition coefficient (Wildman–Crippen LogP) is 1.09. The number of carbonyl (C=O) groups excluding carboxylic acids is 1. The molecule has 0 saturated carbocycles. The molecule has 5 nitrogen and oxygen atoms in total. The number of anilines is 1. The molecule has 1 heterocycles. The van der Waals surface area contributed by atoms with E-state index >= 15 is 0 Å². The van der Waals surface area contributed by atoms with E-state index in [9.17, 15) is 4.79 Å². The Morgan fingerprint density at radius 1 is 1.50 bits per heavy atom. The molecule has 0 radical (unpaired) electrons. The summed E-state index contributed by atoms with van der Waals surface area (Å²) in [4.78, 5) is 18.9. The molecule has 5 heteroatoms. The van der Waals surface area contributed by atoms with Crippen molar-refractivity contribution in [3.8, 4) is 0 Å². The van der Waals surface area contributed by atoms with Crippen LogP contribution in [0.15, 0.2) is 12.4 Å². The first-order valence-electron chi connectivity index (χ1n) is 4.42. The molecule has 0 aliphatic rings. The summed E-state index contributed by atoms with van der Waals surface area (Å²) in [6.45, 7) is 2.87. The van der Waals surface area contributed by atoms with Crippen LogP contribution < -0.4 is 5.32 Å². The number of hydrogen-bond donors (Lipinski definition) is 1. The molecule has 0 fully saturated rings. The zero-order chi connectivity index (χ0) is 10.4. The van der Waals surface area contributed by atoms with Crippen LogP contribution in [0.2, 0.25) is 0 Å². The summed E-state index contributed by atoms with van der Waals surface area (Å²) < 4.78 is 4.52. The number of aromatic nitrogens is 2. The minimum Gasteiger partial charge on any atom is -0.465 e. The van der Waals surface area contributed by atoms with Crippen LogP contribution in [0.5, 0.6) is 0 Å². The minimum atomic E-state index is -0.424. The van der Waals surface area contributed by atoms with Gasteiger partial charge in [-0.3, -0.25) is 0 Å². The number of carbonyl (C=O) groups is 1. The number of rotatable bonds is 4. The number of hydrogen-bond acceptors (Lipinski definition) is 5. The summed E-state index contributed by atoms with van der Waals surface area (Å²) >= 11 is 0. The molecular weight excluding hydrogens is 182 g/mol. The second-order valence-electron chi connectivity index (χ2n) is 2.71. The van der Waals surface area contributed by atoms with Gasteiger partial charge in [0.05, 0.1) is 12.7 Å². The maximum atomic E-state index is 11.0. The SMILES string of the molecule is CCCNc1ncc(C(=O)OC)cn1. The zero-order valence-corrected chi connectivity index (χ0v) is 8.28. The Balaban J connectivity index is 2.63. The molecule has 0 amide bonds. The topological polar surface area (TPSA) is 64.1 Å². The minimum absolute atomic E-state index is 0.356. The van der Waals surface area contributed by atoms with Crippen LogP contribution in [-0.2, 0) is 4.74 Å². The van der Waals surface area contributed by atoms with Crippen molar-refractivity contribution in [2.75, 3.05) is 19.0 Å². The average molecular weight is 195 g/mol. The van der Waals surface area contributed by atoms with Crippen molar-refractivity contribution in [1.29, 1.82) is 0 Å². The van der Waals surface area contributed by atoms with Crippen molar-refractivity contribution in [1.82, 2.24) is 9.97 Å². The molecule has 0 aliphatic heterocycles. The maximum absolute atomic E-state index is 11.0. The van der Waals surface area contributed by atoms with Gasteiger partial charge < -0.3 is 10.1 Å². The Morgan fingerprint density at radius 3 is 2.64 bits per heavy atom. The summed E-state index contributed by atoms with van der Waals surface area (Å²) in [6, 6.07) is 0. The molecule has 0 saturated heterocycles. The lowest BCUT2D eigenvalue weighted by Gasteiger charge is -2.02. The Kier molecular flexibility index (Phi) is 3.84. The van der Waals surface area contributed by atoms with Crippen molar-refractivity contribution in [3.05, 3.63) is 18.0 Å². The summed E-state index contributed by atoms with van der Waals surface area (Å²) in [5.41, 5.74) is 0.356. The fraction of sp³-hybridized carbons (Fsp3) is 0.444. The number of methoxy groups -OCH3 is 1. The Hall–Kier alpha value is -1.65. The lowest BCUT2D eigenvalue weighted by molar-refractivity contribution is 0.0600. The zero-order valence-electron chi connectivity index (χ0n) is 8.28. The van der Waals surface area contributed by atoms with Gasteiger partial charge in [-0.05, 0) is 6.42 Å². The quantitative estimate of drug-likeness (QED) is 0.728. The summed E-state index contributed by atoms with van der Waals surface area (Å²) in [5.74, 6) is 0.103. The number of nitrogens with one attached hydrogen (secondary N) is 1. The van der Waals surface area contributed by atoms with E-state index in [0.29, 0.717) is 11.5 Å². The molecule has 1 rings (SSSR count). The number of nitrogens with zero attached hydrogens (tertiary/aromatic N) is 2. The standard InChI is InChI=1S/C9H13N3O2/c1-3-4-10-9-11-5-7(6-12-9)8(13)14-2/h5-6H,3-4H2,1-2H3,(H,10,11,12). The van der Waals surface area contributed by atoms with Crippen molar-refractivity contribution < 1.29 is 9.53 Å². The molecule has 0 aromatic carbocycles. The first-order chi connectivity index (χ1) is 6.77. The second-order valence-corrected chi connectivity index (χ2v) is 2.71. The van der Waals surface area contributed by atoms with Gasteiger partial charge in [-0.15, -0.1) is 0 Å². The molecular formula is C9H13N3O2. The molecule has 1 N–H and O–H groups in total. The van der Waals surface area contributed by atoms with Crippen molar-refractivity contribution in [2.45, 2.75) is 13.3 Å². The van der Waals surface area contributed by atoms with Crippen LogP contribution in [-0.4, -0.2) is 29.6 Å². The monoisotopic (exact) mass is 195 g/mol. The van der Waals surface area contributed by atoms with Crippen molar-refractivity contribution in [2.24, 2.45) is 0 Å². The van der Waals surface area contributed by atoms with E-state index < -0.39 is 5.97 Å². The number of ether oxygens (including phenoxy) is 1. The van der Waals surface area contributed by atoms with Gasteiger partial charge in [0, 0.05) is 18.9 Å². The Bertz CT molecular complexity index is 297. The fourth-order valence-corrected chi connectivity index (χ4v) is 0.879. The highest BCUT2D eigenvalue weighted by molar-refractivity contribution is 5.88. The van der Waals surface area contributed by atoms with Gasteiger partial charge in [-0.2, -0.15) is 0 Å². The van der Waals surface area contributed by atoms with E-state index in [4.69, 9.17) is 0 Å². The lowest BCUT2D eigenvalue weighted by Crippen LogP contribution is -2.07. The molecule has 0 spiro atoms. The van der Waals surface area contributed by atoms with Crippen LogP contribution >= 0.6 is 0 Å². The van der Waals surface area contributed by atoms with Gasteiger partial charge in [0.25, 0.3) is 0 Å². The number of esters is 1. The normalized spacial score (nSPS) is 9.57. The van der Waals surface area contributed by atoms with Gasteiger partial charge in [0.1, 0.15) is 0 Å². The van der Waals surface area contributed by atoms with E-state index in [1.807, 2.05) is 0 Å². The van der Waals surface area contributed by atoms with Crippen LogP contribution in [0.1, 0.15) is 23.7 Å². The van der Waals surface area contributed by atoms with Gasteiger partial charge in [0.15, 0.2) is 0 Å². The largest absolute Gasteiger partial charge is 0.465 e. The van der Waals surface area contributed by atoms with E-state index in [0.717, 1.165) is 13.0 Å². The maximum Gasteiger partial charge on any atom is 0.341 e. The summed E-state index contributed by atoms with van der Waals surface area (Å²) in [7, 11) is 1.32. The molecule has 0 unspecified atom stereocenters. The van der Waals surface area contributed by atoms with Gasteiger partial charge >= 0.3 is 5.97 Å². The Morgan fingerprint density at radius 2 is 2.14 bits per heavy atom. The molecule has 0 bridgehead atoms. The van der Waals surface area contributed by atoms with E-state index in [2.05, 4.69) is 26.9 Å². The van der Waals surface area contributed by atoms with Crippen molar-refractivity contribution >= 4 is 11.9 Å². The summed E-state index contributed by atoms with van der Waals surface area (Å²) in [5, 5.41) is 3.00. The van der Waals surface area contributed by atoms with Crippen LogP contribution in [0, 0.1) is 0 Å². The lowest BCUT2D eigenvalue weighted by atomic mass is 10.3. The van der Waals surface area contributed by atoms with E-state index in [1.54, 1.807) is 0 Å². The third kappa shape index (κ3) is 2.69. The highest BCUT2D eigenvalue weighted by Gasteiger charge is 2.05. The van der Waals surface area contributed by atoms with Gasteiger partial charge in [-0.1, -0.05) is 6.92 Å². The molecule has 1 aromatic heterocycles. The third-order valence-corrected chi connectivity index (χ3v) is 1.61. The molecule has 76 valence electrons. The molecule has 0 aliphatic carbocycles. The fourth-order valence-electron chi connectivity index (χ4n) is 0.879. The highest BCUT2D eigenvalue weighted by Crippen LogP contribution is 2.01. The average Bonchev–Trinajstić information content (AvgIpc) is 2.26. The first kappa shape index (κ1) is 10.4. The third-order valence-electron chi connectivity index (χ3n) is 1.61. The predicted molar refractivity (Wildman–Crippen MR) is 52.2 cm³/mol. The van der Waals surface area contributed by atoms with Crippen LogP contribution in [0.3, 0.4) is 0 Å². The van der Waals surface area contributed by atoms with Crippen LogP contribution in [0.25, 0.3) is 0 Å². The van der Waals surface area contributed by atoms with Crippen LogP contribution in [0.4, 0.5) is 5.95 Å². The molecule has 14 heavy (non-hydrogen) atoms. The van der Waals surface area contributed by atoms with E-state index in [-0.39, 0.29) is 0 Å². The van der Waals surface area contributed by atoms with Gasteiger partial charge in [0.2, 0.25) is 5.95 Å². The molecule has 0 atom stereocenters. The summed E-state index contributed by atoms with van der Waals surface area (Å²) in [6.07, 6.45) is 3.88. The van der Waals surface area contributed by atoms with E-state index in [1.165, 1.54) is 19.5 Å². The smallest absolute Gasteiger partial charge is 0.341 e. The second kappa shape index (κ2) is 5.16. The van der Waals surface area contributed by atoms with Crippen molar-refractivity contribution in [3.63, 3.8) is 0 Å². The first-order valence-corrected chi connectivity index (χ1v) is 4.42.